The van der Waals surface area contributed by atoms with Crippen LogP contribution in [-0.2, 0) is 23.8 Å². The number of carbonyl (C=O) groups is 2. The standard InChI is InChI=1S/C34H44N2O10/c1-4-5-12-30(45-26(2)17-18-35-19-23-42-24-20-35)28-10-6-7-11-29(28)34(38)46-31-15-13-27(25-32(31)41-3)14-16-33(37)43-21-8-9-22-44-36(39)40/h6-7,10-11,13-16,25,30H,2,4-5,8-9,12,17-24H2,1,3H3/b16-14+. The molecule has 1 heterocycles. The van der Waals surface area contributed by atoms with Gasteiger partial charge in [0, 0.05) is 37.7 Å². The Morgan fingerprint density at radius 2 is 1.85 bits per heavy atom. The Morgan fingerprint density at radius 3 is 2.59 bits per heavy atom. The molecule has 0 aromatic heterocycles. The first-order valence-corrected chi connectivity index (χ1v) is 15.6. The number of methoxy groups -OCH3 is 1. The molecule has 12 nitrogen and oxygen atoms in total. The van der Waals surface area contributed by atoms with Crippen molar-refractivity contribution < 1.29 is 43.2 Å². The summed E-state index contributed by atoms with van der Waals surface area (Å²) >= 11 is 0. The van der Waals surface area contributed by atoms with Gasteiger partial charge in [-0.15, -0.1) is 10.1 Å². The van der Waals surface area contributed by atoms with Gasteiger partial charge < -0.3 is 28.5 Å². The summed E-state index contributed by atoms with van der Waals surface area (Å²) in [6.45, 7) is 10.4. The summed E-state index contributed by atoms with van der Waals surface area (Å²) < 4.78 is 28.2. The molecule has 250 valence electrons. The van der Waals surface area contributed by atoms with E-state index in [1.165, 1.54) is 13.2 Å². The molecule has 1 aliphatic rings. The summed E-state index contributed by atoms with van der Waals surface area (Å²) in [7, 11) is 1.46. The maximum Gasteiger partial charge on any atom is 0.344 e. The van der Waals surface area contributed by atoms with Crippen LogP contribution in [0, 0.1) is 10.1 Å². The van der Waals surface area contributed by atoms with E-state index in [1.807, 2.05) is 12.1 Å². The van der Waals surface area contributed by atoms with Gasteiger partial charge in [0.1, 0.15) is 6.10 Å². The Kier molecular flexibility index (Phi) is 15.6. The predicted molar refractivity (Wildman–Crippen MR) is 171 cm³/mol. The van der Waals surface area contributed by atoms with E-state index in [9.17, 15) is 19.7 Å². The zero-order valence-corrected chi connectivity index (χ0v) is 26.6. The fraction of sp³-hybridized carbons (Fsp3) is 0.471. The third-order valence-corrected chi connectivity index (χ3v) is 7.25. The highest BCUT2D eigenvalue weighted by Gasteiger charge is 2.23. The van der Waals surface area contributed by atoms with Gasteiger partial charge in [-0.25, -0.2) is 9.59 Å². The maximum absolute atomic E-state index is 13.5. The largest absolute Gasteiger partial charge is 0.493 e. The molecule has 1 saturated heterocycles. The van der Waals surface area contributed by atoms with E-state index in [-0.39, 0.29) is 25.1 Å². The van der Waals surface area contributed by atoms with Gasteiger partial charge in [0.25, 0.3) is 5.09 Å². The lowest BCUT2D eigenvalue weighted by Crippen LogP contribution is -2.37. The molecule has 2 aromatic rings. The molecular formula is C34H44N2O10. The van der Waals surface area contributed by atoms with Crippen molar-refractivity contribution in [3.63, 3.8) is 0 Å². The number of nitrogens with zero attached hydrogens (tertiary/aromatic N) is 2. The highest BCUT2D eigenvalue weighted by molar-refractivity contribution is 5.93. The van der Waals surface area contributed by atoms with Crippen LogP contribution in [0.5, 0.6) is 11.5 Å². The van der Waals surface area contributed by atoms with Crippen LogP contribution in [0.1, 0.15) is 73.0 Å². The summed E-state index contributed by atoms with van der Waals surface area (Å²) in [5.41, 5.74) is 1.75. The minimum absolute atomic E-state index is 0.0542. The molecule has 1 aliphatic heterocycles. The molecule has 46 heavy (non-hydrogen) atoms. The quantitative estimate of drug-likeness (QED) is 0.0323. The zero-order chi connectivity index (χ0) is 33.1. The van der Waals surface area contributed by atoms with E-state index in [0.717, 1.165) is 57.7 Å². The van der Waals surface area contributed by atoms with Gasteiger partial charge in [0.15, 0.2) is 11.5 Å². The van der Waals surface area contributed by atoms with Crippen LogP contribution in [0.4, 0.5) is 0 Å². The molecule has 0 saturated carbocycles. The second-order valence-electron chi connectivity index (χ2n) is 10.6. The highest BCUT2D eigenvalue weighted by Crippen LogP contribution is 2.33. The topological polar surface area (TPSA) is 136 Å². The van der Waals surface area contributed by atoms with Gasteiger partial charge in [-0.1, -0.05) is 44.2 Å². The summed E-state index contributed by atoms with van der Waals surface area (Å²) in [6, 6.07) is 12.2. The monoisotopic (exact) mass is 640 g/mol. The second kappa shape index (κ2) is 19.9. The normalized spacial score (nSPS) is 14.0. The van der Waals surface area contributed by atoms with Crippen molar-refractivity contribution in [1.29, 1.82) is 0 Å². The van der Waals surface area contributed by atoms with Gasteiger partial charge in [0.2, 0.25) is 0 Å². The number of rotatable bonds is 20. The molecule has 0 bridgehead atoms. The highest BCUT2D eigenvalue weighted by atomic mass is 16.9. The minimum atomic E-state index is -0.860. The lowest BCUT2D eigenvalue weighted by Gasteiger charge is -2.28. The summed E-state index contributed by atoms with van der Waals surface area (Å²) in [4.78, 5) is 42.2. The van der Waals surface area contributed by atoms with E-state index in [0.29, 0.717) is 41.9 Å². The van der Waals surface area contributed by atoms with Crippen LogP contribution >= 0.6 is 0 Å². The van der Waals surface area contributed by atoms with E-state index >= 15 is 0 Å². The third-order valence-electron chi connectivity index (χ3n) is 7.25. The van der Waals surface area contributed by atoms with E-state index in [4.69, 9.17) is 23.7 Å². The van der Waals surface area contributed by atoms with Crippen LogP contribution in [0.2, 0.25) is 0 Å². The molecule has 1 fully saturated rings. The Bertz CT molecular complexity index is 1320. The van der Waals surface area contributed by atoms with Crippen LogP contribution in [0.3, 0.4) is 0 Å². The van der Waals surface area contributed by atoms with Gasteiger partial charge >= 0.3 is 11.9 Å². The number of benzene rings is 2. The van der Waals surface area contributed by atoms with Crippen molar-refractivity contribution in [1.82, 2.24) is 4.90 Å². The number of unbranched alkanes of at least 4 members (excludes halogenated alkanes) is 2. The van der Waals surface area contributed by atoms with Crippen LogP contribution in [0.15, 0.2) is 60.9 Å². The van der Waals surface area contributed by atoms with Gasteiger partial charge in [-0.05, 0) is 55.5 Å². The van der Waals surface area contributed by atoms with Crippen LogP contribution in [0.25, 0.3) is 6.08 Å². The Balaban J connectivity index is 1.63. The van der Waals surface area contributed by atoms with Crippen molar-refractivity contribution in [3.8, 4) is 11.5 Å². The van der Waals surface area contributed by atoms with Crippen molar-refractivity contribution >= 4 is 18.0 Å². The van der Waals surface area contributed by atoms with Crippen molar-refractivity contribution in [2.75, 3.05) is 53.2 Å². The smallest absolute Gasteiger partial charge is 0.344 e. The molecule has 1 unspecified atom stereocenters. The lowest BCUT2D eigenvalue weighted by atomic mass is 9.98. The fourth-order valence-corrected chi connectivity index (χ4v) is 4.75. The van der Waals surface area contributed by atoms with Gasteiger partial charge in [0.05, 0.1) is 44.9 Å². The third kappa shape index (κ3) is 12.5. The molecule has 12 heteroatoms. The SMILES string of the molecule is C=C(CCN1CCOCC1)OC(CCCC)c1ccccc1C(=O)Oc1ccc(/C=C/C(=O)OCCCCO[N+](=O)[O-])cc1OC. The molecule has 1 atom stereocenters. The number of ether oxygens (including phenoxy) is 5. The van der Waals surface area contributed by atoms with Crippen molar-refractivity contribution in [3.05, 3.63) is 87.7 Å². The number of esters is 2. The molecular weight excluding hydrogens is 596 g/mol. The zero-order valence-electron chi connectivity index (χ0n) is 26.6. The first-order chi connectivity index (χ1) is 22.3. The fourth-order valence-electron chi connectivity index (χ4n) is 4.75. The molecule has 2 aromatic carbocycles. The summed E-state index contributed by atoms with van der Waals surface area (Å²) in [5.74, 6) is 0.0906. The number of hydrogen-bond acceptors (Lipinski definition) is 11. The average molecular weight is 641 g/mol. The molecule has 0 aliphatic carbocycles. The van der Waals surface area contributed by atoms with E-state index < -0.39 is 17.0 Å². The second-order valence-corrected chi connectivity index (χ2v) is 10.6. The Morgan fingerprint density at radius 1 is 1.09 bits per heavy atom. The van der Waals surface area contributed by atoms with Crippen LogP contribution in [-0.4, -0.2) is 75.1 Å². The predicted octanol–water partition coefficient (Wildman–Crippen LogP) is 5.94. The molecule has 0 spiro atoms. The number of morpholine rings is 1. The van der Waals surface area contributed by atoms with Gasteiger partial charge in [-0.2, -0.15) is 0 Å². The minimum Gasteiger partial charge on any atom is -0.493 e. The van der Waals surface area contributed by atoms with Crippen molar-refractivity contribution in [2.45, 2.75) is 51.6 Å². The number of hydrogen-bond donors (Lipinski definition) is 0. The summed E-state index contributed by atoms with van der Waals surface area (Å²) in [6.07, 6.45) is 6.57. The molecule has 0 amide bonds. The summed E-state index contributed by atoms with van der Waals surface area (Å²) in [5, 5.41) is 9.29. The Hall–Kier alpha value is -4.42. The van der Waals surface area contributed by atoms with Crippen molar-refractivity contribution in [2.24, 2.45) is 0 Å². The number of carbonyl (C=O) groups excluding carboxylic acids is 2. The first kappa shape index (κ1) is 36.1. The maximum atomic E-state index is 13.5. The van der Waals surface area contributed by atoms with E-state index in [2.05, 4.69) is 23.2 Å². The Labute approximate surface area is 270 Å². The lowest BCUT2D eigenvalue weighted by molar-refractivity contribution is -0.757. The molecule has 3 rings (SSSR count). The molecule has 0 N–H and O–H groups in total. The van der Waals surface area contributed by atoms with E-state index in [1.54, 1.807) is 36.4 Å². The molecule has 0 radical (unpaired) electrons. The first-order valence-electron chi connectivity index (χ1n) is 15.6. The average Bonchev–Trinajstić information content (AvgIpc) is 3.07. The van der Waals surface area contributed by atoms with Gasteiger partial charge in [-0.3, -0.25) is 4.90 Å². The van der Waals surface area contributed by atoms with Crippen LogP contribution < -0.4 is 9.47 Å².